The highest BCUT2D eigenvalue weighted by atomic mass is 16.8. The molecule has 0 N–H and O–H groups in total. The van der Waals surface area contributed by atoms with Crippen LogP contribution in [-0.4, -0.2) is 17.9 Å². The van der Waals surface area contributed by atoms with Crippen LogP contribution in [0.1, 0.15) is 55.9 Å². The Kier molecular flexibility index (Phi) is 4.79. The monoisotopic (exact) mass is 352 g/mol. The Balaban J connectivity index is 1.59. The highest BCUT2D eigenvalue weighted by molar-refractivity contribution is 5.69. The number of rotatable bonds is 4. The van der Waals surface area contributed by atoms with E-state index < -0.39 is 5.79 Å². The minimum atomic E-state index is -0.681. The number of hydrogen-bond donors (Lipinski definition) is 0. The van der Waals surface area contributed by atoms with Gasteiger partial charge in [-0.05, 0) is 17.5 Å². The molecule has 1 saturated heterocycles. The molecule has 1 spiro atoms. The number of benzene rings is 2. The van der Waals surface area contributed by atoms with Crippen LogP contribution in [-0.2, 0) is 19.0 Å². The largest absolute Gasteiger partial charge is 0.462 e. The van der Waals surface area contributed by atoms with E-state index in [1.807, 2.05) is 43.3 Å². The van der Waals surface area contributed by atoms with E-state index in [2.05, 4.69) is 24.3 Å². The lowest BCUT2D eigenvalue weighted by molar-refractivity contribution is -0.178. The van der Waals surface area contributed by atoms with Gasteiger partial charge in [-0.3, -0.25) is 4.79 Å². The summed E-state index contributed by atoms with van der Waals surface area (Å²) in [6.45, 7) is 1.81. The van der Waals surface area contributed by atoms with Crippen LogP contribution in [0, 0.1) is 0 Å². The molecule has 1 heterocycles. The summed E-state index contributed by atoms with van der Waals surface area (Å²) in [6, 6.07) is 20.4. The van der Waals surface area contributed by atoms with Crippen molar-refractivity contribution in [3.05, 3.63) is 71.8 Å². The molecule has 4 heteroatoms. The fourth-order valence-corrected chi connectivity index (χ4v) is 3.90. The molecule has 2 aromatic carbocycles. The molecule has 4 nitrogen and oxygen atoms in total. The van der Waals surface area contributed by atoms with Crippen LogP contribution >= 0.6 is 0 Å². The summed E-state index contributed by atoms with van der Waals surface area (Å²) in [5, 5.41) is 0. The van der Waals surface area contributed by atoms with Crippen molar-refractivity contribution in [2.75, 3.05) is 0 Å². The Morgan fingerprint density at radius 1 is 1.00 bits per heavy atom. The molecule has 1 aliphatic carbocycles. The molecule has 2 aliphatic rings. The van der Waals surface area contributed by atoms with E-state index in [9.17, 15) is 4.79 Å². The third-order valence-electron chi connectivity index (χ3n) is 5.19. The summed E-state index contributed by atoms with van der Waals surface area (Å²) in [5.41, 5.74) is 2.21. The summed E-state index contributed by atoms with van der Waals surface area (Å²) in [6.07, 6.45) is 2.03. The Bertz CT molecular complexity index is 696. The topological polar surface area (TPSA) is 44.8 Å². The van der Waals surface area contributed by atoms with Crippen LogP contribution in [0.25, 0.3) is 0 Å². The van der Waals surface area contributed by atoms with Gasteiger partial charge in [0, 0.05) is 19.3 Å². The summed E-state index contributed by atoms with van der Waals surface area (Å²) >= 11 is 0. The van der Waals surface area contributed by atoms with E-state index in [1.165, 1.54) is 0 Å². The molecule has 26 heavy (non-hydrogen) atoms. The van der Waals surface area contributed by atoms with Gasteiger partial charge in [0.25, 0.3) is 0 Å². The second kappa shape index (κ2) is 7.22. The first-order valence-electron chi connectivity index (χ1n) is 9.34. The van der Waals surface area contributed by atoms with E-state index in [0.29, 0.717) is 12.8 Å². The quantitative estimate of drug-likeness (QED) is 0.747. The Hall–Kier alpha value is -2.17. The van der Waals surface area contributed by atoms with Crippen molar-refractivity contribution in [2.45, 2.75) is 56.7 Å². The van der Waals surface area contributed by atoms with Crippen LogP contribution in [0.2, 0.25) is 0 Å². The van der Waals surface area contributed by atoms with Crippen molar-refractivity contribution >= 4 is 5.97 Å². The Morgan fingerprint density at radius 3 is 2.04 bits per heavy atom. The normalized spacial score (nSPS) is 26.9. The molecule has 1 saturated carbocycles. The molecule has 0 unspecified atom stereocenters. The van der Waals surface area contributed by atoms with Gasteiger partial charge >= 0.3 is 5.97 Å². The van der Waals surface area contributed by atoms with Gasteiger partial charge in [-0.25, -0.2) is 0 Å². The lowest BCUT2D eigenvalue weighted by atomic mass is 9.99. The molecule has 2 aromatic rings. The minimum Gasteiger partial charge on any atom is -0.462 e. The zero-order chi connectivity index (χ0) is 18.0. The fraction of sp³-hybridized carbons (Fsp3) is 0.409. The average molecular weight is 352 g/mol. The number of hydrogen-bond acceptors (Lipinski definition) is 4. The SMILES string of the molecule is CCC(=O)O[C@@H]1CCC2(C1)O[C@H](c1ccccc1)[C@@H](c1ccccc1)O2. The molecule has 0 bridgehead atoms. The molecule has 4 rings (SSSR count). The van der Waals surface area contributed by atoms with Crippen molar-refractivity contribution in [2.24, 2.45) is 0 Å². The van der Waals surface area contributed by atoms with E-state index in [4.69, 9.17) is 14.2 Å². The summed E-state index contributed by atoms with van der Waals surface area (Å²) in [7, 11) is 0. The molecule has 1 aliphatic heterocycles. The predicted octanol–water partition coefficient (Wildman–Crippen LogP) is 4.72. The molecule has 0 aromatic heterocycles. The van der Waals surface area contributed by atoms with Gasteiger partial charge < -0.3 is 14.2 Å². The molecular formula is C22H24O4. The first-order valence-corrected chi connectivity index (χ1v) is 9.34. The summed E-state index contributed by atoms with van der Waals surface area (Å²) < 4.78 is 18.5. The first-order chi connectivity index (χ1) is 12.7. The maximum Gasteiger partial charge on any atom is 0.305 e. The van der Waals surface area contributed by atoms with E-state index in [0.717, 1.165) is 24.0 Å². The number of carbonyl (C=O) groups excluding carboxylic acids is 1. The van der Waals surface area contributed by atoms with E-state index in [-0.39, 0.29) is 24.3 Å². The predicted molar refractivity (Wildman–Crippen MR) is 97.3 cm³/mol. The van der Waals surface area contributed by atoms with Gasteiger partial charge in [0.15, 0.2) is 5.79 Å². The molecule has 2 fully saturated rings. The Labute approximate surface area is 154 Å². The molecule has 0 radical (unpaired) electrons. The first kappa shape index (κ1) is 17.3. The van der Waals surface area contributed by atoms with Gasteiger partial charge in [0.1, 0.15) is 18.3 Å². The molecule has 136 valence electrons. The van der Waals surface area contributed by atoms with Crippen LogP contribution in [0.3, 0.4) is 0 Å². The highest BCUT2D eigenvalue weighted by Gasteiger charge is 2.53. The number of carbonyl (C=O) groups is 1. The third kappa shape index (κ3) is 3.39. The third-order valence-corrected chi connectivity index (χ3v) is 5.19. The fourth-order valence-electron chi connectivity index (χ4n) is 3.90. The Morgan fingerprint density at radius 2 is 1.54 bits per heavy atom. The van der Waals surface area contributed by atoms with Crippen molar-refractivity contribution in [1.82, 2.24) is 0 Å². The zero-order valence-electron chi connectivity index (χ0n) is 15.0. The molecular weight excluding hydrogens is 328 g/mol. The number of ether oxygens (including phenoxy) is 3. The van der Waals surface area contributed by atoms with Gasteiger partial charge in [-0.2, -0.15) is 0 Å². The van der Waals surface area contributed by atoms with Gasteiger partial charge in [0.05, 0.1) is 0 Å². The maximum atomic E-state index is 11.6. The van der Waals surface area contributed by atoms with Crippen LogP contribution < -0.4 is 0 Å². The lowest BCUT2D eigenvalue weighted by Crippen LogP contribution is -2.28. The lowest BCUT2D eigenvalue weighted by Gasteiger charge is -2.23. The second-order valence-electron chi connectivity index (χ2n) is 7.02. The van der Waals surface area contributed by atoms with Crippen molar-refractivity contribution in [1.29, 1.82) is 0 Å². The summed E-state index contributed by atoms with van der Waals surface area (Å²) in [5.74, 6) is -0.844. The second-order valence-corrected chi connectivity index (χ2v) is 7.02. The van der Waals surface area contributed by atoms with Gasteiger partial charge in [-0.15, -0.1) is 0 Å². The van der Waals surface area contributed by atoms with Gasteiger partial charge in [0.2, 0.25) is 0 Å². The number of esters is 1. The average Bonchev–Trinajstić information content (AvgIpc) is 3.27. The zero-order valence-corrected chi connectivity index (χ0v) is 15.0. The van der Waals surface area contributed by atoms with Crippen LogP contribution in [0.4, 0.5) is 0 Å². The standard InChI is InChI=1S/C22H24O4/c1-2-19(23)24-18-13-14-22(15-18)25-20(16-9-5-3-6-10-16)21(26-22)17-11-7-4-8-12-17/h3-12,18,20-21H,2,13-15H2,1H3/t18-,20-,21-/m1/s1. The van der Waals surface area contributed by atoms with Crippen LogP contribution in [0.15, 0.2) is 60.7 Å². The maximum absolute atomic E-state index is 11.6. The van der Waals surface area contributed by atoms with Crippen molar-refractivity contribution in [3.8, 4) is 0 Å². The smallest absolute Gasteiger partial charge is 0.305 e. The van der Waals surface area contributed by atoms with Crippen molar-refractivity contribution in [3.63, 3.8) is 0 Å². The van der Waals surface area contributed by atoms with E-state index >= 15 is 0 Å². The van der Waals surface area contributed by atoms with E-state index in [1.54, 1.807) is 0 Å². The van der Waals surface area contributed by atoms with Crippen LogP contribution in [0.5, 0.6) is 0 Å². The molecule has 3 atom stereocenters. The highest BCUT2D eigenvalue weighted by Crippen LogP contribution is 2.53. The van der Waals surface area contributed by atoms with Crippen molar-refractivity contribution < 1.29 is 19.0 Å². The minimum absolute atomic E-state index is 0.131. The molecule has 0 amide bonds. The van der Waals surface area contributed by atoms with Gasteiger partial charge in [-0.1, -0.05) is 67.6 Å². The summed E-state index contributed by atoms with van der Waals surface area (Å²) in [4.78, 5) is 11.6.